The van der Waals surface area contributed by atoms with Gasteiger partial charge in [-0.15, -0.1) is 0 Å². The Hall–Kier alpha value is -3.13. The van der Waals surface area contributed by atoms with E-state index in [1.54, 1.807) is 30.3 Å². The second kappa shape index (κ2) is 13.2. The van der Waals surface area contributed by atoms with Gasteiger partial charge in [-0.3, -0.25) is 9.32 Å². The molecule has 1 aliphatic rings. The second-order valence-corrected chi connectivity index (χ2v) is 11.5. The molecular formula is C26H35FN5O8P. The second-order valence-electron chi connectivity index (χ2n) is 9.77. The Bertz CT molecular complexity index is 1360. The van der Waals surface area contributed by atoms with Gasteiger partial charge in [-0.1, -0.05) is 38.0 Å². The molecule has 3 aromatic rings. The predicted octanol–water partition coefficient (Wildman–Crippen LogP) is 2.73. The van der Waals surface area contributed by atoms with Crippen molar-refractivity contribution >= 4 is 25.1 Å². The molecule has 15 heteroatoms. The minimum absolute atomic E-state index is 0.142. The van der Waals surface area contributed by atoms with Gasteiger partial charge in [-0.25, -0.2) is 18.5 Å². The number of unbranched alkanes of at least 4 members (excludes halogenated alkanes) is 2. The maximum atomic E-state index is 14.6. The summed E-state index contributed by atoms with van der Waals surface area (Å²) in [5.41, 5.74) is 4.43. The average molecular weight is 596 g/mol. The fourth-order valence-electron chi connectivity index (χ4n) is 4.41. The van der Waals surface area contributed by atoms with Gasteiger partial charge in [0.2, 0.25) is 0 Å². The largest absolute Gasteiger partial charge is 0.465 e. The van der Waals surface area contributed by atoms with E-state index in [0.717, 1.165) is 12.8 Å². The number of benzene rings is 1. The third-order valence-electron chi connectivity index (χ3n) is 6.71. The van der Waals surface area contributed by atoms with Crippen molar-refractivity contribution in [3.63, 3.8) is 0 Å². The highest BCUT2D eigenvalue weighted by molar-refractivity contribution is 7.52. The lowest BCUT2D eigenvalue weighted by Gasteiger charge is -2.31. The Kier molecular flexibility index (Phi) is 9.95. The first-order valence-corrected chi connectivity index (χ1v) is 14.8. The number of halogens is 1. The fraction of sp³-hybridized carbons (Fsp3) is 0.500. The molecule has 1 fully saturated rings. The highest BCUT2D eigenvalue weighted by Crippen LogP contribution is 2.48. The molecule has 1 unspecified atom stereocenters. The van der Waals surface area contributed by atoms with Crippen LogP contribution < -0.4 is 15.3 Å². The number of aliphatic hydroxyl groups excluding tert-OH is 2. The topological polar surface area (TPSA) is 180 Å². The van der Waals surface area contributed by atoms with E-state index in [0.29, 0.717) is 11.9 Å². The summed E-state index contributed by atoms with van der Waals surface area (Å²) in [7, 11) is -4.41. The molecule has 5 N–H and O–H groups in total. The smallest absolute Gasteiger partial charge is 0.459 e. The molecule has 1 aliphatic heterocycles. The molecule has 4 rings (SSSR count). The van der Waals surface area contributed by atoms with E-state index in [-0.39, 0.29) is 23.9 Å². The van der Waals surface area contributed by atoms with Crippen LogP contribution in [0.2, 0.25) is 0 Å². The number of rotatable bonds is 14. The van der Waals surface area contributed by atoms with Gasteiger partial charge in [-0.05, 0) is 37.6 Å². The first-order chi connectivity index (χ1) is 19.6. The van der Waals surface area contributed by atoms with Gasteiger partial charge in [-0.2, -0.15) is 10.2 Å². The van der Waals surface area contributed by atoms with Gasteiger partial charge < -0.3 is 29.9 Å². The monoisotopic (exact) mass is 595 g/mol. The molecule has 224 valence electrons. The lowest BCUT2D eigenvalue weighted by molar-refractivity contribution is -0.145. The Morgan fingerprint density at radius 2 is 2.02 bits per heavy atom. The van der Waals surface area contributed by atoms with E-state index >= 15 is 0 Å². The first kappa shape index (κ1) is 30.8. The third kappa shape index (κ3) is 6.85. The van der Waals surface area contributed by atoms with Gasteiger partial charge in [0, 0.05) is 0 Å². The summed E-state index contributed by atoms with van der Waals surface area (Å²) < 4.78 is 52.2. The lowest BCUT2D eigenvalue weighted by Crippen LogP contribution is -2.49. The number of ether oxygens (including phenoxy) is 2. The quantitative estimate of drug-likeness (QED) is 0.122. The average Bonchev–Trinajstić information content (AvgIpc) is 3.50. The summed E-state index contributed by atoms with van der Waals surface area (Å²) in [5, 5.41) is 28.4. The molecule has 0 aliphatic carbocycles. The summed E-state index contributed by atoms with van der Waals surface area (Å²) in [4.78, 5) is 16.4. The minimum atomic E-state index is -4.41. The Morgan fingerprint density at radius 3 is 2.73 bits per heavy atom. The number of aliphatic hydroxyl groups is 2. The van der Waals surface area contributed by atoms with Crippen molar-refractivity contribution in [3.05, 3.63) is 54.5 Å². The van der Waals surface area contributed by atoms with Crippen LogP contribution in [0.3, 0.4) is 0 Å². The van der Waals surface area contributed by atoms with Crippen molar-refractivity contribution in [2.24, 2.45) is 0 Å². The van der Waals surface area contributed by atoms with E-state index in [4.69, 9.17) is 24.3 Å². The van der Waals surface area contributed by atoms with Crippen molar-refractivity contribution < 1.29 is 42.5 Å². The SMILES string of the molecule is CCCCCOC(=O)[C@H](C)NP(=O)(OC[C@@]1(CF)O[C@@H](c2ccc3c(N)ncnn23)[C@H](O)[C@@H]1O)Oc1ccccc1. The zero-order valence-electron chi connectivity index (χ0n) is 22.8. The van der Waals surface area contributed by atoms with Crippen LogP contribution in [0, 0.1) is 0 Å². The number of carbonyl (C=O) groups is 1. The molecule has 1 aromatic carbocycles. The normalized spacial score (nSPS) is 24.7. The van der Waals surface area contributed by atoms with Crippen LogP contribution in [0.4, 0.5) is 10.2 Å². The van der Waals surface area contributed by atoms with Crippen molar-refractivity contribution in [1.29, 1.82) is 0 Å². The molecule has 1 saturated heterocycles. The van der Waals surface area contributed by atoms with Crippen molar-refractivity contribution in [2.45, 2.75) is 63.1 Å². The van der Waals surface area contributed by atoms with E-state index in [2.05, 4.69) is 15.2 Å². The Labute approximate surface area is 236 Å². The van der Waals surface area contributed by atoms with E-state index < -0.39 is 57.0 Å². The van der Waals surface area contributed by atoms with Gasteiger partial charge >= 0.3 is 13.7 Å². The fourth-order valence-corrected chi connectivity index (χ4v) is 5.95. The van der Waals surface area contributed by atoms with Crippen LogP contribution in [0.15, 0.2) is 48.8 Å². The number of fused-ring (bicyclic) bond motifs is 1. The molecule has 6 atom stereocenters. The summed E-state index contributed by atoms with van der Waals surface area (Å²) in [6.45, 7) is 1.50. The number of nitrogens with two attached hydrogens (primary N) is 1. The number of aromatic nitrogens is 3. The van der Waals surface area contributed by atoms with Crippen LogP contribution in [0.5, 0.6) is 5.75 Å². The van der Waals surface area contributed by atoms with Crippen LogP contribution >= 0.6 is 7.75 Å². The predicted molar refractivity (Wildman–Crippen MR) is 146 cm³/mol. The van der Waals surface area contributed by atoms with Crippen LogP contribution in [0.1, 0.15) is 44.9 Å². The number of hydrogen-bond donors (Lipinski definition) is 4. The Morgan fingerprint density at radius 1 is 1.27 bits per heavy atom. The molecule has 2 aromatic heterocycles. The number of nitrogens with one attached hydrogen (secondary N) is 1. The van der Waals surface area contributed by atoms with E-state index in [1.807, 2.05) is 6.92 Å². The van der Waals surface area contributed by atoms with E-state index in [9.17, 15) is 24.0 Å². The first-order valence-electron chi connectivity index (χ1n) is 13.2. The lowest BCUT2D eigenvalue weighted by atomic mass is 9.96. The van der Waals surface area contributed by atoms with Gasteiger partial charge in [0.25, 0.3) is 0 Å². The van der Waals surface area contributed by atoms with E-state index in [1.165, 1.54) is 29.9 Å². The number of anilines is 1. The zero-order valence-corrected chi connectivity index (χ0v) is 23.7. The number of nitrogen functional groups attached to an aromatic ring is 1. The van der Waals surface area contributed by atoms with Crippen LogP contribution in [-0.4, -0.2) is 74.5 Å². The highest BCUT2D eigenvalue weighted by atomic mass is 31.2. The molecule has 0 saturated carbocycles. The standard InChI is InChI=1S/C26H35FN5O8P/c1-3-4-8-13-37-25(35)17(2)31-41(36,40-18-9-6-5-7-10-18)38-15-26(14-27)23(34)21(33)22(39-26)19-11-12-20-24(28)29-16-30-32(19)20/h5-7,9-12,16-17,21-23,33-34H,3-4,8,13-15H2,1-2H3,(H,31,36)(H2,28,29,30)/t17-,21-,22-,23-,26+,41?/m0/s1. The zero-order chi connectivity index (χ0) is 29.6. The minimum Gasteiger partial charge on any atom is -0.465 e. The van der Waals surface area contributed by atoms with Gasteiger partial charge in [0.1, 0.15) is 54.2 Å². The summed E-state index contributed by atoms with van der Waals surface area (Å²) in [6.07, 6.45) is -0.947. The van der Waals surface area contributed by atoms with Gasteiger partial charge in [0.05, 0.1) is 18.9 Å². The van der Waals surface area contributed by atoms with Crippen molar-refractivity contribution in [2.75, 3.05) is 25.6 Å². The number of nitrogens with zero attached hydrogens (tertiary/aromatic N) is 3. The maximum absolute atomic E-state index is 14.6. The number of alkyl halides is 1. The number of hydrogen-bond acceptors (Lipinski definition) is 11. The Balaban J connectivity index is 1.54. The summed E-state index contributed by atoms with van der Waals surface area (Å²) in [5.74, 6) is -0.373. The molecule has 0 amide bonds. The third-order valence-corrected chi connectivity index (χ3v) is 8.33. The molecule has 0 radical (unpaired) electrons. The number of esters is 1. The molecular weight excluding hydrogens is 560 g/mol. The highest BCUT2D eigenvalue weighted by Gasteiger charge is 2.57. The number of para-hydroxylation sites is 1. The van der Waals surface area contributed by atoms with Crippen molar-refractivity contribution in [3.8, 4) is 5.75 Å². The summed E-state index contributed by atoms with van der Waals surface area (Å²) >= 11 is 0. The molecule has 13 nitrogen and oxygen atoms in total. The maximum Gasteiger partial charge on any atom is 0.459 e. The molecule has 0 bridgehead atoms. The molecule has 3 heterocycles. The van der Waals surface area contributed by atoms with Crippen molar-refractivity contribution in [1.82, 2.24) is 19.7 Å². The van der Waals surface area contributed by atoms with Crippen LogP contribution in [-0.2, 0) is 23.4 Å². The molecule has 0 spiro atoms. The molecule has 41 heavy (non-hydrogen) atoms. The number of carbonyl (C=O) groups excluding carboxylic acids is 1. The van der Waals surface area contributed by atoms with Gasteiger partial charge in [0.15, 0.2) is 5.82 Å². The van der Waals surface area contributed by atoms with Crippen LogP contribution in [0.25, 0.3) is 5.52 Å². The summed E-state index contributed by atoms with van der Waals surface area (Å²) in [6, 6.07) is 10.0.